The Labute approximate surface area is 114 Å². The summed E-state index contributed by atoms with van der Waals surface area (Å²) in [4.78, 5) is 6.86. The molecule has 0 unspecified atom stereocenters. The van der Waals surface area contributed by atoms with Crippen molar-refractivity contribution in [3.8, 4) is 0 Å². The number of rotatable bonds is 5. The Balaban J connectivity index is 1.58. The summed E-state index contributed by atoms with van der Waals surface area (Å²) in [5, 5.41) is 3.33. The Morgan fingerprint density at radius 1 is 1.42 bits per heavy atom. The molecule has 4 nitrogen and oxygen atoms in total. The molecule has 1 aromatic heterocycles. The average molecular weight is 258 g/mol. The quantitative estimate of drug-likeness (QED) is 0.876. The van der Waals surface area contributed by atoms with Crippen LogP contribution in [0.3, 0.4) is 0 Å². The van der Waals surface area contributed by atoms with E-state index in [2.05, 4.69) is 45.0 Å². The molecule has 1 fully saturated rings. The topological polar surface area (TPSA) is 33.1 Å². The van der Waals surface area contributed by atoms with Crippen LogP contribution in [0.15, 0.2) is 24.5 Å². The normalized spacial score (nSPS) is 16.2. The minimum atomic E-state index is 0.850. The summed E-state index contributed by atoms with van der Waals surface area (Å²) in [6.07, 6.45) is 2.98. The van der Waals surface area contributed by atoms with Crippen molar-refractivity contribution in [2.75, 3.05) is 33.2 Å². The van der Waals surface area contributed by atoms with Gasteiger partial charge in [-0.25, -0.2) is 4.98 Å². The zero-order valence-corrected chi connectivity index (χ0v) is 11.8. The molecule has 1 aliphatic heterocycles. The minimum Gasteiger partial charge on any atom is -0.334 e. The molecule has 102 valence electrons. The van der Waals surface area contributed by atoms with Gasteiger partial charge in [0.15, 0.2) is 0 Å². The fraction of sp³-hybridized carbons (Fsp3) is 0.533. The molecule has 2 heterocycles. The standard InChI is InChI=1S/C15H22N4/c1-18(10-13-8-16-9-13)6-5-12-3-4-15-14(7-12)17-11-19(15)2/h3-4,7,11,13,16H,5-6,8-10H2,1-2H3. The molecular formula is C15H22N4. The zero-order valence-electron chi connectivity index (χ0n) is 11.8. The van der Waals surface area contributed by atoms with Crippen LogP contribution in [0.25, 0.3) is 11.0 Å². The van der Waals surface area contributed by atoms with E-state index in [1.54, 1.807) is 0 Å². The maximum atomic E-state index is 4.42. The minimum absolute atomic E-state index is 0.850. The van der Waals surface area contributed by atoms with Crippen LogP contribution in [0.5, 0.6) is 0 Å². The molecule has 0 amide bonds. The third-order valence-electron chi connectivity index (χ3n) is 4.01. The van der Waals surface area contributed by atoms with Crippen molar-refractivity contribution in [1.82, 2.24) is 19.8 Å². The second-order valence-electron chi connectivity index (χ2n) is 5.72. The second-order valence-corrected chi connectivity index (χ2v) is 5.72. The van der Waals surface area contributed by atoms with E-state index in [1.807, 2.05) is 13.4 Å². The second kappa shape index (κ2) is 5.31. The highest BCUT2D eigenvalue weighted by molar-refractivity contribution is 5.75. The number of benzene rings is 1. The van der Waals surface area contributed by atoms with Gasteiger partial charge in [0.05, 0.1) is 17.4 Å². The van der Waals surface area contributed by atoms with Gasteiger partial charge in [-0.3, -0.25) is 0 Å². The monoisotopic (exact) mass is 258 g/mol. The zero-order chi connectivity index (χ0) is 13.2. The van der Waals surface area contributed by atoms with E-state index in [1.165, 1.54) is 30.7 Å². The predicted octanol–water partition coefficient (Wildman–Crippen LogP) is 1.27. The number of hydrogen-bond acceptors (Lipinski definition) is 3. The Morgan fingerprint density at radius 3 is 3.00 bits per heavy atom. The first-order valence-electron chi connectivity index (χ1n) is 7.01. The van der Waals surface area contributed by atoms with Crippen LogP contribution >= 0.6 is 0 Å². The van der Waals surface area contributed by atoms with Gasteiger partial charge in [0.25, 0.3) is 0 Å². The SMILES string of the molecule is CN(CCc1ccc2c(c1)ncn2C)CC1CNC1. The summed E-state index contributed by atoms with van der Waals surface area (Å²) in [5.74, 6) is 0.850. The molecule has 0 radical (unpaired) electrons. The number of likely N-dealkylation sites (N-methyl/N-ethyl adjacent to an activating group) is 1. The maximum absolute atomic E-state index is 4.42. The summed E-state index contributed by atoms with van der Waals surface area (Å²) in [6, 6.07) is 6.62. The lowest BCUT2D eigenvalue weighted by molar-refractivity contribution is 0.226. The summed E-state index contributed by atoms with van der Waals surface area (Å²) >= 11 is 0. The van der Waals surface area contributed by atoms with Crippen LogP contribution in [-0.4, -0.2) is 47.7 Å². The molecule has 4 heteroatoms. The summed E-state index contributed by atoms with van der Waals surface area (Å²) in [7, 11) is 4.26. The third kappa shape index (κ3) is 2.80. The van der Waals surface area contributed by atoms with E-state index in [9.17, 15) is 0 Å². The van der Waals surface area contributed by atoms with Crippen LogP contribution in [-0.2, 0) is 13.5 Å². The van der Waals surface area contributed by atoms with Crippen molar-refractivity contribution in [2.45, 2.75) is 6.42 Å². The average Bonchev–Trinajstić information content (AvgIpc) is 2.73. The highest BCUT2D eigenvalue weighted by Gasteiger charge is 2.18. The summed E-state index contributed by atoms with van der Waals surface area (Å²) in [6.45, 7) is 4.70. The molecule has 0 atom stereocenters. The summed E-state index contributed by atoms with van der Waals surface area (Å²) < 4.78 is 2.06. The number of fused-ring (bicyclic) bond motifs is 1. The van der Waals surface area contributed by atoms with Gasteiger partial charge in [0.2, 0.25) is 0 Å². The number of aromatic nitrogens is 2. The number of aryl methyl sites for hydroxylation is 1. The van der Waals surface area contributed by atoms with E-state index in [0.29, 0.717) is 0 Å². The van der Waals surface area contributed by atoms with Crippen LogP contribution in [0.1, 0.15) is 5.56 Å². The van der Waals surface area contributed by atoms with Gasteiger partial charge >= 0.3 is 0 Å². The highest BCUT2D eigenvalue weighted by atomic mass is 15.1. The lowest BCUT2D eigenvalue weighted by Gasteiger charge is -2.31. The van der Waals surface area contributed by atoms with Gasteiger partial charge in [-0.05, 0) is 37.1 Å². The molecule has 1 N–H and O–H groups in total. The molecule has 0 aliphatic carbocycles. The molecule has 19 heavy (non-hydrogen) atoms. The molecule has 0 saturated carbocycles. The third-order valence-corrected chi connectivity index (χ3v) is 4.01. The molecule has 0 bridgehead atoms. The molecule has 2 aromatic rings. The van der Waals surface area contributed by atoms with E-state index in [-0.39, 0.29) is 0 Å². The molecule has 1 aliphatic rings. The highest BCUT2D eigenvalue weighted by Crippen LogP contribution is 2.14. The van der Waals surface area contributed by atoms with Crippen molar-refractivity contribution in [2.24, 2.45) is 13.0 Å². The first kappa shape index (κ1) is 12.6. The van der Waals surface area contributed by atoms with Gasteiger partial charge in [0, 0.05) is 33.2 Å². The largest absolute Gasteiger partial charge is 0.334 e. The van der Waals surface area contributed by atoms with Crippen LogP contribution < -0.4 is 5.32 Å². The van der Waals surface area contributed by atoms with E-state index >= 15 is 0 Å². The van der Waals surface area contributed by atoms with Gasteiger partial charge in [-0.1, -0.05) is 6.07 Å². The van der Waals surface area contributed by atoms with Crippen LogP contribution in [0.2, 0.25) is 0 Å². The van der Waals surface area contributed by atoms with E-state index in [4.69, 9.17) is 0 Å². The van der Waals surface area contributed by atoms with Crippen LogP contribution in [0.4, 0.5) is 0 Å². The van der Waals surface area contributed by atoms with Crippen molar-refractivity contribution in [3.63, 3.8) is 0 Å². The van der Waals surface area contributed by atoms with E-state index in [0.717, 1.165) is 24.4 Å². The molecular weight excluding hydrogens is 236 g/mol. The first-order chi connectivity index (χ1) is 9.22. The van der Waals surface area contributed by atoms with Crippen molar-refractivity contribution >= 4 is 11.0 Å². The molecule has 1 aromatic carbocycles. The van der Waals surface area contributed by atoms with Crippen molar-refractivity contribution < 1.29 is 0 Å². The fourth-order valence-corrected chi connectivity index (χ4v) is 2.67. The Morgan fingerprint density at radius 2 is 2.26 bits per heavy atom. The van der Waals surface area contributed by atoms with Crippen LogP contribution in [0, 0.1) is 5.92 Å². The Bertz CT molecular complexity index is 556. The Kier molecular flexibility index (Phi) is 3.53. The van der Waals surface area contributed by atoms with E-state index < -0.39 is 0 Å². The van der Waals surface area contributed by atoms with Gasteiger partial charge in [0.1, 0.15) is 0 Å². The lowest BCUT2D eigenvalue weighted by atomic mass is 10.0. The number of hydrogen-bond donors (Lipinski definition) is 1. The smallest absolute Gasteiger partial charge is 0.0955 e. The number of nitrogens with zero attached hydrogens (tertiary/aromatic N) is 3. The fourth-order valence-electron chi connectivity index (χ4n) is 2.67. The first-order valence-corrected chi connectivity index (χ1v) is 7.01. The molecule has 0 spiro atoms. The number of imidazole rings is 1. The maximum Gasteiger partial charge on any atom is 0.0955 e. The number of nitrogens with one attached hydrogen (secondary N) is 1. The van der Waals surface area contributed by atoms with Crippen molar-refractivity contribution in [1.29, 1.82) is 0 Å². The van der Waals surface area contributed by atoms with Gasteiger partial charge < -0.3 is 14.8 Å². The molecule has 1 saturated heterocycles. The molecule has 3 rings (SSSR count). The van der Waals surface area contributed by atoms with Crippen molar-refractivity contribution in [3.05, 3.63) is 30.1 Å². The predicted molar refractivity (Wildman–Crippen MR) is 78.3 cm³/mol. The van der Waals surface area contributed by atoms with Gasteiger partial charge in [-0.2, -0.15) is 0 Å². The lowest BCUT2D eigenvalue weighted by Crippen LogP contribution is -2.47. The Hall–Kier alpha value is -1.39. The van der Waals surface area contributed by atoms with Gasteiger partial charge in [-0.15, -0.1) is 0 Å². The summed E-state index contributed by atoms with van der Waals surface area (Å²) in [5.41, 5.74) is 3.69.